The maximum atomic E-state index is 11.6. The van der Waals surface area contributed by atoms with E-state index in [2.05, 4.69) is 5.32 Å². The monoisotopic (exact) mass is 273 g/mol. The van der Waals surface area contributed by atoms with Gasteiger partial charge in [-0.05, 0) is 25.3 Å². The summed E-state index contributed by atoms with van der Waals surface area (Å²) in [7, 11) is 0. The van der Waals surface area contributed by atoms with Gasteiger partial charge in [-0.1, -0.05) is 36.4 Å². The number of benzene rings is 2. The lowest BCUT2D eigenvalue weighted by Crippen LogP contribution is -2.41. The predicted molar refractivity (Wildman–Crippen MR) is 78.7 cm³/mol. The van der Waals surface area contributed by atoms with Crippen LogP contribution in [0.15, 0.2) is 42.5 Å². The van der Waals surface area contributed by atoms with Gasteiger partial charge in [-0.25, -0.2) is 0 Å². The molecule has 0 heterocycles. The van der Waals surface area contributed by atoms with Crippen molar-refractivity contribution >= 4 is 16.7 Å². The molecule has 0 saturated heterocycles. The molecule has 2 aromatic rings. The number of fused-ring (bicyclic) bond motifs is 1. The second-order valence-corrected chi connectivity index (χ2v) is 4.97. The van der Waals surface area contributed by atoms with E-state index in [1.54, 1.807) is 0 Å². The zero-order valence-corrected chi connectivity index (χ0v) is 11.7. The number of ether oxygens (including phenoxy) is 1. The van der Waals surface area contributed by atoms with Gasteiger partial charge in [0.05, 0.1) is 0 Å². The average Bonchev–Trinajstić information content (AvgIpc) is 2.44. The molecule has 2 N–H and O–H groups in total. The van der Waals surface area contributed by atoms with Crippen LogP contribution in [0.4, 0.5) is 0 Å². The number of carbonyl (C=O) groups is 1. The van der Waals surface area contributed by atoms with Crippen molar-refractivity contribution < 1.29 is 14.6 Å². The van der Waals surface area contributed by atoms with Crippen LogP contribution in [-0.4, -0.2) is 29.8 Å². The SMILES string of the molecule is CC(C)NC(=O)C(O)COc1cccc2ccccc12. The van der Waals surface area contributed by atoms with Crippen LogP contribution in [-0.2, 0) is 4.79 Å². The average molecular weight is 273 g/mol. The van der Waals surface area contributed by atoms with Gasteiger partial charge in [0.1, 0.15) is 12.4 Å². The van der Waals surface area contributed by atoms with Crippen molar-refractivity contribution in [1.82, 2.24) is 5.32 Å². The van der Waals surface area contributed by atoms with Gasteiger partial charge < -0.3 is 15.2 Å². The molecule has 0 saturated carbocycles. The minimum atomic E-state index is -1.17. The molecule has 0 aliphatic rings. The third-order valence-electron chi connectivity index (χ3n) is 2.88. The molecular formula is C16H19NO3. The third-order valence-corrected chi connectivity index (χ3v) is 2.88. The molecule has 0 radical (unpaired) electrons. The molecule has 0 aliphatic heterocycles. The van der Waals surface area contributed by atoms with E-state index in [0.717, 1.165) is 10.8 Å². The number of aliphatic hydroxyl groups excluding tert-OH is 1. The molecule has 20 heavy (non-hydrogen) atoms. The summed E-state index contributed by atoms with van der Waals surface area (Å²) < 4.78 is 5.57. The molecule has 1 unspecified atom stereocenters. The second-order valence-electron chi connectivity index (χ2n) is 4.97. The van der Waals surface area contributed by atoms with E-state index in [4.69, 9.17) is 4.74 Å². The fourth-order valence-electron chi connectivity index (χ4n) is 1.95. The third kappa shape index (κ3) is 3.48. The first-order valence-corrected chi connectivity index (χ1v) is 6.67. The lowest BCUT2D eigenvalue weighted by molar-refractivity contribution is -0.131. The maximum Gasteiger partial charge on any atom is 0.252 e. The molecule has 2 rings (SSSR count). The molecule has 0 fully saturated rings. The standard InChI is InChI=1S/C16H19NO3/c1-11(2)17-16(19)14(18)10-20-15-9-5-7-12-6-3-4-8-13(12)15/h3-9,11,14,18H,10H2,1-2H3,(H,17,19). The van der Waals surface area contributed by atoms with Crippen LogP contribution in [0.2, 0.25) is 0 Å². The Hall–Kier alpha value is -2.07. The van der Waals surface area contributed by atoms with Gasteiger partial charge in [0.15, 0.2) is 6.10 Å². The molecule has 0 aliphatic carbocycles. The molecule has 1 atom stereocenters. The first-order chi connectivity index (χ1) is 9.58. The first kappa shape index (κ1) is 14.3. The van der Waals surface area contributed by atoms with Crippen LogP contribution in [0.3, 0.4) is 0 Å². The van der Waals surface area contributed by atoms with Crippen LogP contribution in [0.25, 0.3) is 10.8 Å². The van der Waals surface area contributed by atoms with Gasteiger partial charge in [-0.15, -0.1) is 0 Å². The smallest absolute Gasteiger partial charge is 0.252 e. The van der Waals surface area contributed by atoms with Crippen LogP contribution in [0.5, 0.6) is 5.75 Å². The van der Waals surface area contributed by atoms with Crippen LogP contribution < -0.4 is 10.1 Å². The lowest BCUT2D eigenvalue weighted by atomic mass is 10.1. The van der Waals surface area contributed by atoms with Crippen LogP contribution in [0, 0.1) is 0 Å². The van der Waals surface area contributed by atoms with Gasteiger partial charge >= 0.3 is 0 Å². The van der Waals surface area contributed by atoms with Gasteiger partial charge in [0.2, 0.25) is 0 Å². The van der Waals surface area contributed by atoms with Crippen molar-refractivity contribution in [3.63, 3.8) is 0 Å². The zero-order chi connectivity index (χ0) is 14.5. The number of amides is 1. The topological polar surface area (TPSA) is 58.6 Å². The molecule has 4 nitrogen and oxygen atoms in total. The van der Waals surface area contributed by atoms with E-state index in [0.29, 0.717) is 5.75 Å². The zero-order valence-electron chi connectivity index (χ0n) is 11.7. The highest BCUT2D eigenvalue weighted by molar-refractivity contribution is 5.88. The van der Waals surface area contributed by atoms with Gasteiger partial charge in [-0.2, -0.15) is 0 Å². The minimum Gasteiger partial charge on any atom is -0.490 e. The molecule has 4 heteroatoms. The Morgan fingerprint density at radius 2 is 1.90 bits per heavy atom. The second kappa shape index (κ2) is 6.39. The summed E-state index contributed by atoms with van der Waals surface area (Å²) in [6.45, 7) is 3.62. The molecule has 0 aromatic heterocycles. The maximum absolute atomic E-state index is 11.6. The largest absolute Gasteiger partial charge is 0.490 e. The molecular weight excluding hydrogens is 254 g/mol. The van der Waals surface area contributed by atoms with Gasteiger partial charge in [-0.3, -0.25) is 4.79 Å². The van der Waals surface area contributed by atoms with Gasteiger partial charge in [0.25, 0.3) is 5.91 Å². The van der Waals surface area contributed by atoms with Crippen LogP contribution in [0.1, 0.15) is 13.8 Å². The fourth-order valence-corrected chi connectivity index (χ4v) is 1.95. The van der Waals surface area contributed by atoms with E-state index in [-0.39, 0.29) is 12.6 Å². The quantitative estimate of drug-likeness (QED) is 0.877. The molecule has 1 amide bonds. The summed E-state index contributed by atoms with van der Waals surface area (Å²) in [5, 5.41) is 14.4. The van der Waals surface area contributed by atoms with Crippen LogP contribution >= 0.6 is 0 Å². The van der Waals surface area contributed by atoms with E-state index >= 15 is 0 Å². The highest BCUT2D eigenvalue weighted by Crippen LogP contribution is 2.25. The predicted octanol–water partition coefficient (Wildman–Crippen LogP) is 2.10. The summed E-state index contributed by atoms with van der Waals surface area (Å²) in [5.74, 6) is 0.250. The molecule has 2 aromatic carbocycles. The summed E-state index contributed by atoms with van der Waals surface area (Å²) >= 11 is 0. The van der Waals surface area contributed by atoms with Crippen molar-refractivity contribution in [3.05, 3.63) is 42.5 Å². The number of rotatable bonds is 5. The first-order valence-electron chi connectivity index (χ1n) is 6.67. The number of aliphatic hydroxyl groups is 1. The van der Waals surface area contributed by atoms with Crippen molar-refractivity contribution in [1.29, 1.82) is 0 Å². The Morgan fingerprint density at radius 3 is 2.65 bits per heavy atom. The van der Waals surface area contributed by atoms with Crippen molar-refractivity contribution in [2.45, 2.75) is 26.0 Å². The van der Waals surface area contributed by atoms with E-state index in [1.807, 2.05) is 56.3 Å². The van der Waals surface area contributed by atoms with Crippen molar-refractivity contribution in [3.8, 4) is 5.75 Å². The van der Waals surface area contributed by atoms with E-state index in [1.165, 1.54) is 0 Å². The molecule has 0 spiro atoms. The Kier molecular flexibility index (Phi) is 4.58. The number of hydrogen-bond donors (Lipinski definition) is 2. The van der Waals surface area contributed by atoms with Crippen molar-refractivity contribution in [2.75, 3.05) is 6.61 Å². The summed E-state index contributed by atoms with van der Waals surface area (Å²) in [6.07, 6.45) is -1.17. The Bertz CT molecular complexity index is 590. The van der Waals surface area contributed by atoms with E-state index in [9.17, 15) is 9.90 Å². The Balaban J connectivity index is 2.04. The number of carbonyl (C=O) groups excluding carboxylic acids is 1. The molecule has 106 valence electrons. The summed E-state index contributed by atoms with van der Waals surface area (Å²) in [4.78, 5) is 11.6. The fraction of sp³-hybridized carbons (Fsp3) is 0.312. The number of nitrogens with one attached hydrogen (secondary N) is 1. The minimum absolute atomic E-state index is 0.00490. The Labute approximate surface area is 118 Å². The highest BCUT2D eigenvalue weighted by Gasteiger charge is 2.16. The Morgan fingerprint density at radius 1 is 1.20 bits per heavy atom. The molecule has 0 bridgehead atoms. The van der Waals surface area contributed by atoms with Gasteiger partial charge in [0, 0.05) is 11.4 Å². The van der Waals surface area contributed by atoms with Crippen molar-refractivity contribution in [2.24, 2.45) is 0 Å². The summed E-state index contributed by atoms with van der Waals surface area (Å²) in [5.41, 5.74) is 0. The normalized spacial score (nSPS) is 12.4. The number of hydrogen-bond acceptors (Lipinski definition) is 3. The lowest BCUT2D eigenvalue weighted by Gasteiger charge is -2.15. The van der Waals surface area contributed by atoms with E-state index < -0.39 is 12.0 Å². The summed E-state index contributed by atoms with van der Waals surface area (Å²) in [6, 6.07) is 13.5. The highest BCUT2D eigenvalue weighted by atomic mass is 16.5.